The Balaban J connectivity index is 1.37. The topological polar surface area (TPSA) is 74.3 Å². The standard InChI is InChI=1S/C21H24N4O2S/c1-14(26)23-17-10-19(12-22-11-17)28-18-4-2-16(3-5-18)21(27)24-20-13-25-8-6-15(20)7-9-25/h2-5,10-12,15,20H,6-9,13H2,1H3,(H,23,26)(H,24,27)/t20-/m0/s1. The number of fused-ring (bicyclic) bond motifs is 3. The van der Waals surface area contributed by atoms with Crippen molar-refractivity contribution in [3.8, 4) is 0 Å². The van der Waals surface area contributed by atoms with Gasteiger partial charge in [0.15, 0.2) is 0 Å². The Kier molecular flexibility index (Phi) is 5.64. The predicted molar refractivity (Wildman–Crippen MR) is 110 cm³/mol. The van der Waals surface area contributed by atoms with Crippen molar-refractivity contribution in [3.05, 3.63) is 48.3 Å². The van der Waals surface area contributed by atoms with Crippen LogP contribution in [0.15, 0.2) is 52.5 Å². The maximum absolute atomic E-state index is 12.6. The van der Waals surface area contributed by atoms with E-state index in [4.69, 9.17) is 0 Å². The van der Waals surface area contributed by atoms with E-state index in [-0.39, 0.29) is 17.9 Å². The molecule has 4 heterocycles. The first-order valence-electron chi connectivity index (χ1n) is 9.60. The van der Waals surface area contributed by atoms with E-state index in [9.17, 15) is 9.59 Å². The quantitative estimate of drug-likeness (QED) is 0.813. The summed E-state index contributed by atoms with van der Waals surface area (Å²) < 4.78 is 0. The third-order valence-electron chi connectivity index (χ3n) is 5.36. The number of nitrogens with one attached hydrogen (secondary N) is 2. The molecular formula is C21H24N4O2S. The fourth-order valence-electron chi connectivity index (χ4n) is 3.94. The van der Waals surface area contributed by atoms with Gasteiger partial charge in [-0.05, 0) is 62.2 Å². The van der Waals surface area contributed by atoms with Gasteiger partial charge in [-0.15, -0.1) is 0 Å². The molecule has 2 aromatic rings. The highest BCUT2D eigenvalue weighted by atomic mass is 32.2. The van der Waals surface area contributed by atoms with E-state index in [1.54, 1.807) is 24.2 Å². The fraction of sp³-hybridized carbons (Fsp3) is 0.381. The number of amides is 2. The van der Waals surface area contributed by atoms with Gasteiger partial charge in [-0.1, -0.05) is 11.8 Å². The molecule has 0 radical (unpaired) electrons. The minimum atomic E-state index is -0.123. The second-order valence-corrected chi connectivity index (χ2v) is 8.58. The summed E-state index contributed by atoms with van der Waals surface area (Å²) in [5, 5.41) is 5.96. The van der Waals surface area contributed by atoms with Crippen molar-refractivity contribution in [2.24, 2.45) is 5.92 Å². The molecule has 1 atom stereocenters. The van der Waals surface area contributed by atoms with Crippen LogP contribution in [0.1, 0.15) is 30.1 Å². The molecule has 2 N–H and O–H groups in total. The highest BCUT2D eigenvalue weighted by Gasteiger charge is 2.34. The molecule has 3 aliphatic heterocycles. The second kappa shape index (κ2) is 8.32. The van der Waals surface area contributed by atoms with Crippen molar-refractivity contribution in [1.82, 2.24) is 15.2 Å². The molecule has 1 aromatic carbocycles. The van der Waals surface area contributed by atoms with Gasteiger partial charge in [0.1, 0.15) is 0 Å². The Bertz CT molecular complexity index is 863. The SMILES string of the molecule is CC(=O)Nc1cncc(Sc2ccc(C(=O)N[C@H]3CN4CCC3CC4)cc2)c1. The Hall–Kier alpha value is -2.38. The Morgan fingerprint density at radius 2 is 1.86 bits per heavy atom. The van der Waals surface area contributed by atoms with Gasteiger partial charge < -0.3 is 15.5 Å². The molecule has 28 heavy (non-hydrogen) atoms. The van der Waals surface area contributed by atoms with E-state index in [1.807, 2.05) is 30.3 Å². The molecule has 0 aliphatic carbocycles. The van der Waals surface area contributed by atoms with E-state index in [2.05, 4.69) is 20.5 Å². The lowest BCUT2D eigenvalue weighted by Crippen LogP contribution is -2.57. The fourth-order valence-corrected chi connectivity index (χ4v) is 4.78. The van der Waals surface area contributed by atoms with Crippen molar-refractivity contribution in [3.63, 3.8) is 0 Å². The molecule has 2 bridgehead atoms. The smallest absolute Gasteiger partial charge is 0.251 e. The van der Waals surface area contributed by atoms with E-state index in [1.165, 1.54) is 32.9 Å². The van der Waals surface area contributed by atoms with E-state index in [0.29, 0.717) is 17.2 Å². The Labute approximate surface area is 169 Å². The van der Waals surface area contributed by atoms with Crippen molar-refractivity contribution in [2.75, 3.05) is 25.0 Å². The van der Waals surface area contributed by atoms with Crippen LogP contribution in [-0.2, 0) is 4.79 Å². The molecular weight excluding hydrogens is 372 g/mol. The third kappa shape index (κ3) is 4.54. The van der Waals surface area contributed by atoms with Gasteiger partial charge in [-0.25, -0.2) is 0 Å². The number of carbonyl (C=O) groups is 2. The average Bonchev–Trinajstić information content (AvgIpc) is 2.69. The number of anilines is 1. The zero-order valence-electron chi connectivity index (χ0n) is 15.9. The van der Waals surface area contributed by atoms with Gasteiger partial charge >= 0.3 is 0 Å². The van der Waals surface area contributed by atoms with Crippen LogP contribution in [0.2, 0.25) is 0 Å². The largest absolute Gasteiger partial charge is 0.348 e. The molecule has 3 fully saturated rings. The molecule has 0 unspecified atom stereocenters. The maximum Gasteiger partial charge on any atom is 0.251 e. The molecule has 2 amide bonds. The summed E-state index contributed by atoms with van der Waals surface area (Å²) in [6.07, 6.45) is 5.75. The Morgan fingerprint density at radius 3 is 2.50 bits per heavy atom. The number of benzene rings is 1. The molecule has 6 nitrogen and oxygen atoms in total. The minimum absolute atomic E-state index is 0.00428. The first-order valence-corrected chi connectivity index (χ1v) is 10.4. The number of carbonyl (C=O) groups excluding carboxylic acids is 2. The highest BCUT2D eigenvalue weighted by molar-refractivity contribution is 7.99. The van der Waals surface area contributed by atoms with Crippen molar-refractivity contribution in [2.45, 2.75) is 35.6 Å². The number of rotatable bonds is 5. The number of piperidine rings is 3. The van der Waals surface area contributed by atoms with E-state index in [0.717, 1.165) is 16.3 Å². The normalized spacial score (nSPS) is 23.2. The van der Waals surface area contributed by atoms with Crippen molar-refractivity contribution < 1.29 is 9.59 Å². The highest BCUT2D eigenvalue weighted by Crippen LogP contribution is 2.30. The molecule has 3 saturated heterocycles. The van der Waals surface area contributed by atoms with Gasteiger partial charge in [0.05, 0.1) is 11.9 Å². The number of hydrogen-bond acceptors (Lipinski definition) is 5. The van der Waals surface area contributed by atoms with Gasteiger partial charge in [0.2, 0.25) is 5.91 Å². The second-order valence-electron chi connectivity index (χ2n) is 7.43. The van der Waals surface area contributed by atoms with Crippen LogP contribution in [0.5, 0.6) is 0 Å². The van der Waals surface area contributed by atoms with E-state index < -0.39 is 0 Å². The number of nitrogens with zero attached hydrogens (tertiary/aromatic N) is 2. The van der Waals surface area contributed by atoms with Crippen molar-refractivity contribution in [1.29, 1.82) is 0 Å². The monoisotopic (exact) mass is 396 g/mol. The zero-order chi connectivity index (χ0) is 19.5. The van der Waals surface area contributed by atoms with Crippen LogP contribution < -0.4 is 10.6 Å². The molecule has 1 aromatic heterocycles. The first-order chi connectivity index (χ1) is 13.6. The lowest BCUT2D eigenvalue weighted by molar-refractivity contribution is -0.114. The molecule has 0 spiro atoms. The molecule has 0 saturated carbocycles. The summed E-state index contributed by atoms with van der Waals surface area (Å²) in [6, 6.07) is 9.77. The lowest BCUT2D eigenvalue weighted by Gasteiger charge is -2.44. The molecule has 7 heteroatoms. The van der Waals surface area contributed by atoms with Crippen LogP contribution in [0.4, 0.5) is 5.69 Å². The average molecular weight is 397 g/mol. The van der Waals surface area contributed by atoms with Crippen LogP contribution in [0.25, 0.3) is 0 Å². The predicted octanol–water partition coefficient (Wildman–Crippen LogP) is 3.02. The van der Waals surface area contributed by atoms with Crippen LogP contribution in [-0.4, -0.2) is 47.4 Å². The molecule has 5 rings (SSSR count). The maximum atomic E-state index is 12.6. The van der Waals surface area contributed by atoms with Gasteiger partial charge in [0.25, 0.3) is 5.91 Å². The number of pyridine rings is 1. The summed E-state index contributed by atoms with van der Waals surface area (Å²) in [7, 11) is 0. The van der Waals surface area contributed by atoms with Gasteiger partial charge in [-0.2, -0.15) is 0 Å². The summed E-state index contributed by atoms with van der Waals surface area (Å²) in [6.45, 7) is 4.78. The van der Waals surface area contributed by atoms with Crippen LogP contribution in [0, 0.1) is 5.92 Å². The van der Waals surface area contributed by atoms with Gasteiger partial charge in [0, 0.05) is 41.1 Å². The minimum Gasteiger partial charge on any atom is -0.348 e. The molecule has 146 valence electrons. The van der Waals surface area contributed by atoms with Crippen LogP contribution >= 0.6 is 11.8 Å². The lowest BCUT2D eigenvalue weighted by atomic mass is 9.84. The summed E-state index contributed by atoms with van der Waals surface area (Å²) in [5.41, 5.74) is 1.36. The van der Waals surface area contributed by atoms with Crippen molar-refractivity contribution >= 4 is 29.3 Å². The van der Waals surface area contributed by atoms with E-state index >= 15 is 0 Å². The number of aromatic nitrogens is 1. The Morgan fingerprint density at radius 1 is 1.11 bits per heavy atom. The summed E-state index contributed by atoms with van der Waals surface area (Å²) >= 11 is 1.54. The molecule has 3 aliphatic rings. The van der Waals surface area contributed by atoms with Gasteiger partial charge in [-0.3, -0.25) is 14.6 Å². The summed E-state index contributed by atoms with van der Waals surface area (Å²) in [4.78, 5) is 32.3. The zero-order valence-corrected chi connectivity index (χ0v) is 16.7. The third-order valence-corrected chi connectivity index (χ3v) is 6.33. The van der Waals surface area contributed by atoms with Crippen LogP contribution in [0.3, 0.4) is 0 Å². The summed E-state index contributed by atoms with van der Waals surface area (Å²) in [5.74, 6) is 0.499. The first kappa shape index (κ1) is 19.0. The number of hydrogen-bond donors (Lipinski definition) is 2.